The van der Waals surface area contributed by atoms with Crippen LogP contribution >= 0.6 is 23.1 Å². The van der Waals surface area contributed by atoms with E-state index in [4.69, 9.17) is 15.2 Å². The molecular weight excluding hydrogens is 296 g/mol. The number of carbonyl (C=O) groups excluding carboxylic acids is 1. The largest absolute Gasteiger partial charge is 0.465 e. The van der Waals surface area contributed by atoms with E-state index in [-0.39, 0.29) is 12.1 Å². The Hall–Kier alpha value is -0.920. The molecule has 2 rings (SSSR count). The van der Waals surface area contributed by atoms with Gasteiger partial charge in [0.15, 0.2) is 0 Å². The number of carbonyl (C=O) groups is 1. The van der Waals surface area contributed by atoms with Crippen molar-refractivity contribution in [3.8, 4) is 0 Å². The first-order valence-corrected chi connectivity index (χ1v) is 8.52. The number of nitrogen functional groups attached to an aromatic ring is 1. The summed E-state index contributed by atoms with van der Waals surface area (Å²) >= 11 is 2.89. The molecule has 1 saturated heterocycles. The summed E-state index contributed by atoms with van der Waals surface area (Å²) in [5.41, 5.74) is 6.53. The van der Waals surface area contributed by atoms with Gasteiger partial charge in [-0.05, 0) is 19.6 Å². The third-order valence-corrected chi connectivity index (χ3v) is 5.64. The Bertz CT molecular complexity index is 490. The summed E-state index contributed by atoms with van der Waals surface area (Å²) < 4.78 is 10.3. The van der Waals surface area contributed by atoms with Crippen LogP contribution in [-0.2, 0) is 9.47 Å². The van der Waals surface area contributed by atoms with Crippen LogP contribution in [0.4, 0.5) is 10.7 Å². The fraction of sp³-hybridized carbons (Fsp3) is 0.615. The van der Waals surface area contributed by atoms with E-state index in [1.807, 2.05) is 6.26 Å². The molecule has 3 N–H and O–H groups in total. The van der Waals surface area contributed by atoms with Gasteiger partial charge < -0.3 is 20.5 Å². The molecule has 1 aliphatic rings. The molecule has 5 nitrogen and oxygen atoms in total. The summed E-state index contributed by atoms with van der Waals surface area (Å²) in [7, 11) is 1.37. The average molecular weight is 316 g/mol. The summed E-state index contributed by atoms with van der Waals surface area (Å²) in [6.45, 7) is 3.75. The summed E-state index contributed by atoms with van der Waals surface area (Å²) in [4.78, 5) is 13.1. The Morgan fingerprint density at radius 2 is 2.40 bits per heavy atom. The lowest BCUT2D eigenvalue weighted by Crippen LogP contribution is -2.20. The number of thiophene rings is 1. The van der Waals surface area contributed by atoms with Gasteiger partial charge in [0.1, 0.15) is 9.88 Å². The minimum Gasteiger partial charge on any atom is -0.465 e. The SMILES string of the molecule is COC(=O)c1sc(NCC2CCOC2C)c(SC)c1N. The maximum absolute atomic E-state index is 11.7. The molecule has 0 aromatic carbocycles. The predicted octanol–water partition coefficient (Wildman–Crippen LogP) is 2.68. The van der Waals surface area contributed by atoms with E-state index in [1.54, 1.807) is 0 Å². The van der Waals surface area contributed by atoms with Crippen molar-refractivity contribution in [1.29, 1.82) is 0 Å². The van der Waals surface area contributed by atoms with Crippen LogP contribution in [0.3, 0.4) is 0 Å². The molecule has 0 spiro atoms. The molecule has 0 radical (unpaired) electrons. The van der Waals surface area contributed by atoms with Gasteiger partial charge in [-0.1, -0.05) is 0 Å². The van der Waals surface area contributed by atoms with Gasteiger partial charge in [-0.25, -0.2) is 4.79 Å². The summed E-state index contributed by atoms with van der Waals surface area (Å²) in [5.74, 6) is 0.114. The number of hydrogen-bond acceptors (Lipinski definition) is 7. The molecule has 0 aliphatic carbocycles. The number of anilines is 2. The van der Waals surface area contributed by atoms with Crippen molar-refractivity contribution in [1.82, 2.24) is 0 Å². The van der Waals surface area contributed by atoms with Crippen molar-refractivity contribution in [2.75, 3.05) is 37.6 Å². The summed E-state index contributed by atoms with van der Waals surface area (Å²) in [6, 6.07) is 0. The zero-order valence-electron chi connectivity index (χ0n) is 11.9. The van der Waals surface area contributed by atoms with Crippen LogP contribution in [0.25, 0.3) is 0 Å². The van der Waals surface area contributed by atoms with Gasteiger partial charge in [-0.2, -0.15) is 0 Å². The lowest BCUT2D eigenvalue weighted by molar-refractivity contribution is 0.0607. The van der Waals surface area contributed by atoms with Gasteiger partial charge in [0, 0.05) is 19.1 Å². The van der Waals surface area contributed by atoms with E-state index in [1.165, 1.54) is 30.2 Å². The zero-order valence-corrected chi connectivity index (χ0v) is 13.5. The molecule has 1 aromatic heterocycles. The highest BCUT2D eigenvalue weighted by molar-refractivity contribution is 7.99. The first-order chi connectivity index (χ1) is 9.58. The molecule has 0 bridgehead atoms. The maximum atomic E-state index is 11.7. The fourth-order valence-corrected chi connectivity index (χ4v) is 4.22. The molecule has 2 atom stereocenters. The van der Waals surface area contributed by atoms with Crippen molar-refractivity contribution < 1.29 is 14.3 Å². The molecule has 112 valence electrons. The molecule has 0 amide bonds. The van der Waals surface area contributed by atoms with E-state index < -0.39 is 0 Å². The van der Waals surface area contributed by atoms with Crippen LogP contribution in [-0.4, -0.2) is 38.6 Å². The third-order valence-electron chi connectivity index (χ3n) is 3.53. The Balaban J connectivity index is 2.12. The second-order valence-corrected chi connectivity index (χ2v) is 6.54. The van der Waals surface area contributed by atoms with Crippen molar-refractivity contribution in [3.05, 3.63) is 4.88 Å². The predicted molar refractivity (Wildman–Crippen MR) is 83.9 cm³/mol. The van der Waals surface area contributed by atoms with Gasteiger partial charge in [0.25, 0.3) is 0 Å². The van der Waals surface area contributed by atoms with Crippen LogP contribution < -0.4 is 11.1 Å². The molecule has 20 heavy (non-hydrogen) atoms. The summed E-state index contributed by atoms with van der Waals surface area (Å²) in [5, 5.41) is 4.35. The lowest BCUT2D eigenvalue weighted by atomic mass is 10.0. The molecule has 2 unspecified atom stereocenters. The highest BCUT2D eigenvalue weighted by atomic mass is 32.2. The third kappa shape index (κ3) is 3.05. The van der Waals surface area contributed by atoms with E-state index in [9.17, 15) is 4.79 Å². The molecule has 1 aliphatic heterocycles. The van der Waals surface area contributed by atoms with Gasteiger partial charge in [0.2, 0.25) is 0 Å². The lowest BCUT2D eigenvalue weighted by Gasteiger charge is -2.15. The topological polar surface area (TPSA) is 73.6 Å². The number of thioether (sulfide) groups is 1. The van der Waals surface area contributed by atoms with Crippen LogP contribution in [0.2, 0.25) is 0 Å². The highest BCUT2D eigenvalue weighted by Crippen LogP contribution is 2.42. The van der Waals surface area contributed by atoms with Crippen LogP contribution in [0, 0.1) is 5.92 Å². The minimum absolute atomic E-state index is 0.276. The average Bonchev–Trinajstić information content (AvgIpc) is 2.99. The van der Waals surface area contributed by atoms with E-state index >= 15 is 0 Å². The van der Waals surface area contributed by atoms with Crippen molar-refractivity contribution >= 4 is 39.8 Å². The molecule has 1 fully saturated rings. The van der Waals surface area contributed by atoms with Gasteiger partial charge >= 0.3 is 5.97 Å². The Morgan fingerprint density at radius 1 is 1.65 bits per heavy atom. The van der Waals surface area contributed by atoms with Gasteiger partial charge in [0.05, 0.1) is 23.8 Å². The molecule has 0 saturated carbocycles. The first-order valence-electron chi connectivity index (χ1n) is 6.48. The second-order valence-electron chi connectivity index (χ2n) is 4.70. The second kappa shape index (κ2) is 6.69. The van der Waals surface area contributed by atoms with E-state index in [0.29, 0.717) is 16.5 Å². The number of nitrogens with one attached hydrogen (secondary N) is 1. The number of esters is 1. The molecular formula is C13H20N2O3S2. The van der Waals surface area contributed by atoms with E-state index in [0.717, 1.165) is 29.5 Å². The monoisotopic (exact) mass is 316 g/mol. The summed E-state index contributed by atoms with van der Waals surface area (Å²) in [6.07, 6.45) is 3.29. The van der Waals surface area contributed by atoms with Crippen LogP contribution in [0.15, 0.2) is 4.90 Å². The van der Waals surface area contributed by atoms with Crippen LogP contribution in [0.5, 0.6) is 0 Å². The van der Waals surface area contributed by atoms with Gasteiger partial charge in [-0.3, -0.25) is 0 Å². The highest BCUT2D eigenvalue weighted by Gasteiger charge is 2.26. The molecule has 1 aromatic rings. The number of hydrogen-bond donors (Lipinski definition) is 2. The molecule has 7 heteroatoms. The van der Waals surface area contributed by atoms with Gasteiger partial charge in [-0.15, -0.1) is 23.1 Å². The van der Waals surface area contributed by atoms with E-state index in [2.05, 4.69) is 12.2 Å². The Labute approximate surface area is 127 Å². The number of nitrogens with two attached hydrogens (primary N) is 1. The fourth-order valence-electron chi connectivity index (χ4n) is 2.26. The quantitative estimate of drug-likeness (QED) is 0.643. The number of methoxy groups -OCH3 is 1. The Kier molecular flexibility index (Phi) is 5.17. The normalized spacial score (nSPS) is 21.9. The molecule has 2 heterocycles. The van der Waals surface area contributed by atoms with Crippen molar-refractivity contribution in [2.45, 2.75) is 24.3 Å². The maximum Gasteiger partial charge on any atom is 0.350 e. The van der Waals surface area contributed by atoms with Crippen molar-refractivity contribution in [2.24, 2.45) is 5.92 Å². The van der Waals surface area contributed by atoms with Crippen molar-refractivity contribution in [3.63, 3.8) is 0 Å². The number of ether oxygens (including phenoxy) is 2. The first kappa shape index (κ1) is 15.5. The zero-order chi connectivity index (χ0) is 14.7. The van der Waals surface area contributed by atoms with Crippen LogP contribution in [0.1, 0.15) is 23.0 Å². The minimum atomic E-state index is -0.381. The number of rotatable bonds is 5. The Morgan fingerprint density at radius 3 is 2.95 bits per heavy atom. The smallest absolute Gasteiger partial charge is 0.350 e. The standard InChI is InChI=1S/C13H20N2O3S2/c1-7-8(4-5-18-7)6-15-12-10(19-3)9(14)11(20-12)13(16)17-2/h7-8,15H,4-6,14H2,1-3H3.